The summed E-state index contributed by atoms with van der Waals surface area (Å²) < 4.78 is 10.8. The maximum atomic E-state index is 11.8. The number of pyridine rings is 1. The van der Waals surface area contributed by atoms with E-state index in [0.717, 1.165) is 35.4 Å². The van der Waals surface area contributed by atoms with Crippen LogP contribution in [-0.4, -0.2) is 58.9 Å². The van der Waals surface area contributed by atoms with Crippen molar-refractivity contribution in [2.45, 2.75) is 19.4 Å². The second kappa shape index (κ2) is 11.4. The number of hydrogen-bond donors (Lipinski definition) is 3. The molecular weight excluding hydrogens is 490 g/mol. The molecule has 3 aromatic heterocycles. The van der Waals surface area contributed by atoms with Gasteiger partial charge < -0.3 is 25.1 Å². The van der Waals surface area contributed by atoms with Crippen LogP contribution in [0.25, 0.3) is 22.4 Å². The Hall–Kier alpha value is -5.00. The smallest absolute Gasteiger partial charge is 0.321 e. The molecule has 0 bridgehead atoms. The molecule has 0 radical (unpaired) electrons. The average molecular weight is 518 g/mol. The Morgan fingerprint density at radius 3 is 2.68 bits per heavy atom. The summed E-state index contributed by atoms with van der Waals surface area (Å²) in [7, 11) is 3.43. The number of imide groups is 1. The van der Waals surface area contributed by atoms with E-state index in [2.05, 4.69) is 20.3 Å². The molecule has 0 spiro atoms. The number of ether oxygens (including phenoxy) is 1. The first-order chi connectivity index (χ1) is 18.3. The average Bonchev–Trinajstić information content (AvgIpc) is 3.35. The summed E-state index contributed by atoms with van der Waals surface area (Å²) in [6, 6.07) is 9.93. The molecule has 196 valence electrons. The van der Waals surface area contributed by atoms with E-state index in [4.69, 9.17) is 14.9 Å². The number of carbonyl (C=O) groups is 3. The lowest BCUT2D eigenvalue weighted by atomic mass is 9.99. The van der Waals surface area contributed by atoms with E-state index in [9.17, 15) is 14.4 Å². The lowest BCUT2D eigenvalue weighted by Gasteiger charge is -2.24. The fraction of sp³-hybridized carbons (Fsp3) is 0.231. The van der Waals surface area contributed by atoms with Gasteiger partial charge in [0.2, 0.25) is 12.4 Å². The molecule has 38 heavy (non-hydrogen) atoms. The number of benzene rings is 1. The van der Waals surface area contributed by atoms with Crippen molar-refractivity contribution in [3.8, 4) is 17.0 Å². The molecule has 12 heteroatoms. The first-order valence-electron chi connectivity index (χ1n) is 11.7. The zero-order chi connectivity index (χ0) is 27.2. The predicted molar refractivity (Wildman–Crippen MR) is 139 cm³/mol. The van der Waals surface area contributed by atoms with E-state index < -0.39 is 12.1 Å². The summed E-state index contributed by atoms with van der Waals surface area (Å²) in [5, 5.41) is 4.58. The molecule has 0 saturated carbocycles. The van der Waals surface area contributed by atoms with Gasteiger partial charge in [-0.3, -0.25) is 14.9 Å². The van der Waals surface area contributed by atoms with Crippen molar-refractivity contribution < 1.29 is 23.5 Å². The van der Waals surface area contributed by atoms with Gasteiger partial charge in [0.1, 0.15) is 17.0 Å². The van der Waals surface area contributed by atoms with Gasteiger partial charge in [-0.15, -0.1) is 0 Å². The van der Waals surface area contributed by atoms with Crippen molar-refractivity contribution in [3.05, 3.63) is 65.7 Å². The number of nitrogens with one attached hydrogen (secondary N) is 2. The molecule has 0 saturated heterocycles. The maximum Gasteiger partial charge on any atom is 0.321 e. The number of aromatic nitrogens is 3. The van der Waals surface area contributed by atoms with Gasteiger partial charge in [-0.1, -0.05) is 6.07 Å². The van der Waals surface area contributed by atoms with Gasteiger partial charge in [0.15, 0.2) is 5.58 Å². The largest absolute Gasteiger partial charge is 0.497 e. The summed E-state index contributed by atoms with van der Waals surface area (Å²) in [5.41, 5.74) is 9.98. The van der Waals surface area contributed by atoms with Crippen molar-refractivity contribution >= 4 is 35.4 Å². The quantitative estimate of drug-likeness (QED) is 0.337. The number of methoxy groups -OCH3 is 1. The number of anilines is 1. The molecule has 4 amide bonds. The molecule has 4 aromatic rings. The van der Waals surface area contributed by atoms with Gasteiger partial charge in [-0.2, -0.15) is 0 Å². The Morgan fingerprint density at radius 2 is 1.97 bits per heavy atom. The summed E-state index contributed by atoms with van der Waals surface area (Å²) >= 11 is 0. The number of furan rings is 1. The number of nitrogens with zero attached hydrogens (tertiary/aromatic N) is 4. The number of hydrogen-bond acceptors (Lipinski definition) is 9. The number of urea groups is 1. The van der Waals surface area contributed by atoms with Gasteiger partial charge >= 0.3 is 6.03 Å². The number of amides is 4. The van der Waals surface area contributed by atoms with E-state index in [1.807, 2.05) is 30.6 Å². The van der Waals surface area contributed by atoms with Crippen LogP contribution < -0.4 is 21.1 Å². The maximum absolute atomic E-state index is 11.8. The van der Waals surface area contributed by atoms with Crippen molar-refractivity contribution in [2.75, 3.05) is 26.4 Å². The molecule has 12 nitrogen and oxygen atoms in total. The Balaban J connectivity index is 0.000000204. The summed E-state index contributed by atoms with van der Waals surface area (Å²) in [6.07, 6.45) is 4.42. The number of fused-ring (bicyclic) bond motifs is 2. The molecule has 1 aliphatic rings. The highest BCUT2D eigenvalue weighted by atomic mass is 16.5. The molecule has 1 atom stereocenters. The van der Waals surface area contributed by atoms with Crippen molar-refractivity contribution in [1.82, 2.24) is 30.5 Å². The van der Waals surface area contributed by atoms with Crippen LogP contribution in [0.15, 0.2) is 53.2 Å². The predicted octanol–water partition coefficient (Wildman–Crippen LogP) is 2.71. The highest BCUT2D eigenvalue weighted by Gasteiger charge is 2.21. The number of nitrogens with two attached hydrogens (primary N) is 1. The van der Waals surface area contributed by atoms with Crippen LogP contribution in [0.3, 0.4) is 0 Å². The number of carbonyl (C=O) groups excluding carboxylic acids is 3. The molecule has 0 fully saturated rings. The Morgan fingerprint density at radius 1 is 1.21 bits per heavy atom. The molecule has 4 heterocycles. The topological polar surface area (TPSA) is 166 Å². The van der Waals surface area contributed by atoms with Gasteiger partial charge in [0.25, 0.3) is 5.91 Å². The van der Waals surface area contributed by atoms with Crippen molar-refractivity contribution in [2.24, 2.45) is 0 Å². The Bertz CT molecular complexity index is 1470. The molecule has 1 aromatic carbocycles. The SMILES string of the molecule is CC(NC(=O)NC=O)c1cc2nc(-c3cnc(N)nc3)ccc2o1.COc1ccc2c(c1)C(=O)N(C)CC2. The normalized spacial score (nSPS) is 13.1. The molecule has 1 unspecified atom stereocenters. The van der Waals surface area contributed by atoms with Crippen LogP contribution in [0, 0.1) is 0 Å². The van der Waals surface area contributed by atoms with Gasteiger partial charge in [-0.05, 0) is 43.2 Å². The van der Waals surface area contributed by atoms with Crippen LogP contribution in [0.2, 0.25) is 0 Å². The van der Waals surface area contributed by atoms with Gasteiger partial charge in [-0.25, -0.2) is 19.7 Å². The van der Waals surface area contributed by atoms with Crippen LogP contribution >= 0.6 is 0 Å². The molecular formula is C26H27N7O5. The van der Waals surface area contributed by atoms with E-state index in [-0.39, 0.29) is 11.9 Å². The molecule has 1 aliphatic heterocycles. The van der Waals surface area contributed by atoms with Crippen LogP contribution in [0.1, 0.15) is 34.6 Å². The van der Waals surface area contributed by atoms with E-state index in [0.29, 0.717) is 29.0 Å². The third kappa shape index (κ3) is 5.86. The molecule has 4 N–H and O–H groups in total. The first kappa shape index (κ1) is 26.1. The first-order valence-corrected chi connectivity index (χ1v) is 11.7. The summed E-state index contributed by atoms with van der Waals surface area (Å²) in [6.45, 7) is 2.54. The molecule has 5 rings (SSSR count). The van der Waals surface area contributed by atoms with E-state index in [1.165, 1.54) is 0 Å². The number of rotatable bonds is 5. The van der Waals surface area contributed by atoms with Gasteiger partial charge in [0, 0.05) is 43.2 Å². The highest BCUT2D eigenvalue weighted by Crippen LogP contribution is 2.26. The Labute approximate surface area is 218 Å². The second-order valence-electron chi connectivity index (χ2n) is 8.52. The van der Waals surface area contributed by atoms with Gasteiger partial charge in [0.05, 0.1) is 18.8 Å². The van der Waals surface area contributed by atoms with Crippen molar-refractivity contribution in [1.29, 1.82) is 0 Å². The fourth-order valence-corrected chi connectivity index (χ4v) is 3.85. The third-order valence-corrected chi connectivity index (χ3v) is 5.94. The van der Waals surface area contributed by atoms with Crippen LogP contribution in [0.5, 0.6) is 5.75 Å². The van der Waals surface area contributed by atoms with E-state index >= 15 is 0 Å². The minimum atomic E-state index is -0.606. The lowest BCUT2D eigenvalue weighted by molar-refractivity contribution is -0.108. The van der Waals surface area contributed by atoms with Crippen molar-refractivity contribution in [3.63, 3.8) is 0 Å². The minimum Gasteiger partial charge on any atom is -0.497 e. The van der Waals surface area contributed by atoms with Crippen LogP contribution in [0.4, 0.5) is 10.7 Å². The fourth-order valence-electron chi connectivity index (χ4n) is 3.85. The standard InChI is InChI=1S/C15H14N6O3.C11H13NO2/c1-8(20-15(23)19-7-22)13-4-11-12(24-13)3-2-10(21-11)9-5-17-14(16)18-6-9;1-12-6-5-8-3-4-9(14-2)7-10(8)11(12)13/h2-8H,1H3,(H2,16,17,18)(H2,19,20,22,23);3-4,7H,5-6H2,1-2H3. The number of likely N-dealkylation sites (N-methyl/N-ethyl adjacent to an activating group) is 1. The van der Waals surface area contributed by atoms with E-state index in [1.54, 1.807) is 49.5 Å². The second-order valence-corrected chi connectivity index (χ2v) is 8.52. The van der Waals surface area contributed by atoms with Crippen LogP contribution in [-0.2, 0) is 11.2 Å². The Kier molecular flexibility index (Phi) is 7.80. The zero-order valence-electron chi connectivity index (χ0n) is 21.1. The third-order valence-electron chi connectivity index (χ3n) is 5.94. The summed E-state index contributed by atoms with van der Waals surface area (Å²) in [4.78, 5) is 47.5. The lowest BCUT2D eigenvalue weighted by Crippen LogP contribution is -2.35. The monoisotopic (exact) mass is 517 g/mol. The zero-order valence-corrected chi connectivity index (χ0v) is 21.1. The highest BCUT2D eigenvalue weighted by molar-refractivity contribution is 5.97. The number of nitrogen functional groups attached to an aromatic ring is 1. The summed E-state index contributed by atoms with van der Waals surface area (Å²) in [5.74, 6) is 1.54. The molecule has 0 aliphatic carbocycles. The minimum absolute atomic E-state index is 0.0881.